The first-order valence-electron chi connectivity index (χ1n) is 8.24. The fourth-order valence-corrected chi connectivity index (χ4v) is 2.44. The summed E-state index contributed by atoms with van der Waals surface area (Å²) < 4.78 is 19.8. The number of benzene rings is 2. The molecular weight excluding hydrogens is 333 g/mol. The zero-order valence-electron chi connectivity index (χ0n) is 14.3. The van der Waals surface area contributed by atoms with Crippen molar-refractivity contribution in [3.05, 3.63) is 77.7 Å². The first-order chi connectivity index (χ1) is 12.7. The Kier molecular flexibility index (Phi) is 5.53. The van der Waals surface area contributed by atoms with E-state index >= 15 is 0 Å². The molecule has 0 aliphatic heterocycles. The third-order valence-electron chi connectivity index (χ3n) is 3.69. The van der Waals surface area contributed by atoms with Crippen LogP contribution in [0.15, 0.2) is 66.4 Å². The molecule has 0 N–H and O–H groups in total. The minimum absolute atomic E-state index is 0.204. The summed E-state index contributed by atoms with van der Waals surface area (Å²) in [7, 11) is 0. The highest BCUT2D eigenvalue weighted by atomic mass is 19.1. The van der Waals surface area contributed by atoms with Crippen LogP contribution in [-0.4, -0.2) is 27.6 Å². The molecule has 0 amide bonds. The second-order valence-electron chi connectivity index (χ2n) is 5.61. The summed E-state index contributed by atoms with van der Waals surface area (Å²) in [6.07, 6.45) is 3.44. The van der Waals surface area contributed by atoms with Gasteiger partial charge in [0.1, 0.15) is 11.5 Å². The van der Waals surface area contributed by atoms with Crippen LogP contribution < -0.4 is 0 Å². The summed E-state index contributed by atoms with van der Waals surface area (Å²) in [6, 6.07) is 15.5. The van der Waals surface area contributed by atoms with Gasteiger partial charge in [-0.1, -0.05) is 47.7 Å². The number of rotatable bonds is 6. The van der Waals surface area contributed by atoms with E-state index in [-0.39, 0.29) is 19.0 Å². The Bertz CT molecular complexity index is 902. The maximum atomic E-state index is 13.1. The molecule has 0 radical (unpaired) electrons. The fourth-order valence-electron chi connectivity index (χ4n) is 2.44. The quantitative estimate of drug-likeness (QED) is 0.502. The van der Waals surface area contributed by atoms with Gasteiger partial charge in [0, 0.05) is 5.56 Å². The molecular formula is C20H18FN3O2. The summed E-state index contributed by atoms with van der Waals surface area (Å²) in [5, 5.41) is 8.24. The predicted octanol–water partition coefficient (Wildman–Crippen LogP) is 3.73. The van der Waals surface area contributed by atoms with E-state index < -0.39 is 5.97 Å². The van der Waals surface area contributed by atoms with Crippen LogP contribution in [0, 0.1) is 5.82 Å². The number of esters is 1. The lowest BCUT2D eigenvalue weighted by atomic mass is 10.1. The molecule has 5 nitrogen and oxygen atoms in total. The third-order valence-corrected chi connectivity index (χ3v) is 3.69. The van der Waals surface area contributed by atoms with Gasteiger partial charge in [0.25, 0.3) is 0 Å². The molecule has 0 spiro atoms. The van der Waals surface area contributed by atoms with Crippen molar-refractivity contribution in [3.8, 4) is 11.3 Å². The number of carbonyl (C=O) groups excluding carboxylic acids is 1. The van der Waals surface area contributed by atoms with Gasteiger partial charge >= 0.3 is 5.97 Å². The number of ether oxygens (including phenoxy) is 1. The van der Waals surface area contributed by atoms with E-state index in [2.05, 4.69) is 10.3 Å². The van der Waals surface area contributed by atoms with Crippen LogP contribution in [-0.2, 0) is 16.1 Å². The van der Waals surface area contributed by atoms with Crippen molar-refractivity contribution in [2.45, 2.75) is 13.5 Å². The Balaban J connectivity index is 1.85. The number of carbonyl (C=O) groups is 1. The van der Waals surface area contributed by atoms with E-state index in [0.29, 0.717) is 11.1 Å². The Hall–Kier alpha value is -3.28. The summed E-state index contributed by atoms with van der Waals surface area (Å²) in [4.78, 5) is 12.3. The van der Waals surface area contributed by atoms with Gasteiger partial charge in [-0.25, -0.2) is 13.9 Å². The molecule has 3 rings (SSSR count). The molecule has 3 aromatic rings. The number of hydrogen-bond acceptors (Lipinski definition) is 4. The van der Waals surface area contributed by atoms with Crippen molar-refractivity contribution in [3.63, 3.8) is 0 Å². The highest BCUT2D eigenvalue weighted by Crippen LogP contribution is 2.16. The molecule has 0 bridgehead atoms. The topological polar surface area (TPSA) is 57.0 Å². The molecule has 0 saturated carbocycles. The molecule has 6 heteroatoms. The highest BCUT2D eigenvalue weighted by molar-refractivity contribution is 5.93. The number of aromatic nitrogens is 3. The van der Waals surface area contributed by atoms with Crippen molar-refractivity contribution >= 4 is 12.0 Å². The number of hydrogen-bond donors (Lipinski definition) is 0. The molecule has 1 aromatic heterocycles. The molecule has 132 valence electrons. The maximum absolute atomic E-state index is 13.1. The highest BCUT2D eigenvalue weighted by Gasteiger charge is 2.13. The zero-order valence-corrected chi connectivity index (χ0v) is 14.3. The van der Waals surface area contributed by atoms with E-state index in [1.54, 1.807) is 36.0 Å². The van der Waals surface area contributed by atoms with Gasteiger partial charge in [-0.05, 0) is 30.7 Å². The van der Waals surface area contributed by atoms with Crippen LogP contribution in [0.4, 0.5) is 4.39 Å². The van der Waals surface area contributed by atoms with E-state index in [1.165, 1.54) is 12.1 Å². The van der Waals surface area contributed by atoms with Crippen LogP contribution in [0.25, 0.3) is 17.3 Å². The van der Waals surface area contributed by atoms with Crippen molar-refractivity contribution in [1.29, 1.82) is 0 Å². The SMILES string of the molecule is CCOC(=O)/C(=C/c1ccc(F)cc1)Cn1cc(-c2ccccc2)nn1. The van der Waals surface area contributed by atoms with E-state index in [9.17, 15) is 9.18 Å². The molecule has 1 heterocycles. The van der Waals surface area contributed by atoms with Gasteiger partial charge in [-0.2, -0.15) is 0 Å². The maximum Gasteiger partial charge on any atom is 0.335 e. The van der Waals surface area contributed by atoms with Crippen LogP contribution in [0.3, 0.4) is 0 Å². The molecule has 0 unspecified atom stereocenters. The molecule has 26 heavy (non-hydrogen) atoms. The molecule has 0 atom stereocenters. The largest absolute Gasteiger partial charge is 0.463 e. The standard InChI is InChI=1S/C20H18FN3O2/c1-2-26-20(25)17(12-15-8-10-18(21)11-9-15)13-24-14-19(22-23-24)16-6-4-3-5-7-16/h3-12,14H,2,13H2,1H3/b17-12+. The van der Waals surface area contributed by atoms with Crippen LogP contribution in [0.1, 0.15) is 12.5 Å². The van der Waals surface area contributed by atoms with E-state index in [0.717, 1.165) is 11.3 Å². The van der Waals surface area contributed by atoms with Gasteiger partial charge < -0.3 is 4.74 Å². The molecule has 0 saturated heterocycles. The Morgan fingerprint density at radius 3 is 2.58 bits per heavy atom. The van der Waals surface area contributed by atoms with Gasteiger partial charge in [0.2, 0.25) is 0 Å². The normalized spacial score (nSPS) is 11.4. The Labute approximate surface area is 150 Å². The van der Waals surface area contributed by atoms with Crippen LogP contribution >= 0.6 is 0 Å². The first kappa shape index (κ1) is 17.5. The predicted molar refractivity (Wildman–Crippen MR) is 96.5 cm³/mol. The second kappa shape index (κ2) is 8.20. The third kappa shape index (κ3) is 4.42. The lowest BCUT2D eigenvalue weighted by Crippen LogP contribution is -2.13. The van der Waals surface area contributed by atoms with Crippen LogP contribution in [0.5, 0.6) is 0 Å². The van der Waals surface area contributed by atoms with E-state index in [4.69, 9.17) is 4.74 Å². The average molecular weight is 351 g/mol. The zero-order chi connectivity index (χ0) is 18.4. The fraction of sp³-hybridized carbons (Fsp3) is 0.150. The summed E-state index contributed by atoms with van der Waals surface area (Å²) in [5.41, 5.74) is 2.77. The lowest BCUT2D eigenvalue weighted by molar-refractivity contribution is -0.138. The summed E-state index contributed by atoms with van der Waals surface area (Å²) in [6.45, 7) is 2.22. The monoisotopic (exact) mass is 351 g/mol. The van der Waals surface area contributed by atoms with Gasteiger partial charge in [-0.15, -0.1) is 5.10 Å². The van der Waals surface area contributed by atoms with Crippen molar-refractivity contribution in [1.82, 2.24) is 15.0 Å². The Morgan fingerprint density at radius 1 is 1.15 bits per heavy atom. The van der Waals surface area contributed by atoms with Crippen molar-refractivity contribution < 1.29 is 13.9 Å². The molecule has 0 aliphatic rings. The first-order valence-corrected chi connectivity index (χ1v) is 8.24. The molecule has 0 fully saturated rings. The van der Waals surface area contributed by atoms with Crippen molar-refractivity contribution in [2.24, 2.45) is 0 Å². The van der Waals surface area contributed by atoms with Crippen molar-refractivity contribution in [2.75, 3.05) is 6.61 Å². The minimum Gasteiger partial charge on any atom is -0.463 e. The average Bonchev–Trinajstić information content (AvgIpc) is 3.12. The number of nitrogens with zero attached hydrogens (tertiary/aromatic N) is 3. The van der Waals surface area contributed by atoms with E-state index in [1.807, 2.05) is 30.3 Å². The van der Waals surface area contributed by atoms with Gasteiger partial charge in [0.15, 0.2) is 0 Å². The summed E-state index contributed by atoms with van der Waals surface area (Å²) >= 11 is 0. The second-order valence-corrected chi connectivity index (χ2v) is 5.61. The Morgan fingerprint density at radius 2 is 1.88 bits per heavy atom. The smallest absolute Gasteiger partial charge is 0.335 e. The van der Waals surface area contributed by atoms with Gasteiger partial charge in [0.05, 0.1) is 24.9 Å². The minimum atomic E-state index is -0.436. The van der Waals surface area contributed by atoms with Crippen LogP contribution in [0.2, 0.25) is 0 Å². The lowest BCUT2D eigenvalue weighted by Gasteiger charge is -2.07. The molecule has 0 aliphatic carbocycles. The summed E-state index contributed by atoms with van der Waals surface area (Å²) in [5.74, 6) is -0.766. The van der Waals surface area contributed by atoms with Gasteiger partial charge in [-0.3, -0.25) is 0 Å². The molecule has 2 aromatic carbocycles. The number of halogens is 1.